The van der Waals surface area contributed by atoms with E-state index < -0.39 is 0 Å². The molecule has 0 N–H and O–H groups in total. The third-order valence-corrected chi connectivity index (χ3v) is 5.07. The van der Waals surface area contributed by atoms with Gasteiger partial charge in [0.15, 0.2) is 0 Å². The number of rotatable bonds is 3. The van der Waals surface area contributed by atoms with E-state index in [-0.39, 0.29) is 17.6 Å². The smallest absolute Gasteiger partial charge is 0.253 e. The Hall–Kier alpha value is -3.01. The van der Waals surface area contributed by atoms with Crippen LogP contribution in [0, 0.1) is 5.82 Å². The Labute approximate surface area is 158 Å². The Morgan fingerprint density at radius 1 is 0.963 bits per heavy atom. The first-order chi connectivity index (χ1) is 13.2. The fourth-order valence-corrected chi connectivity index (χ4v) is 3.66. The summed E-state index contributed by atoms with van der Waals surface area (Å²) < 4.78 is 14.1. The maximum absolute atomic E-state index is 14.1. The van der Waals surface area contributed by atoms with E-state index in [9.17, 15) is 9.18 Å². The Bertz CT molecular complexity index is 942. The molecule has 1 atom stereocenters. The van der Waals surface area contributed by atoms with E-state index in [0.29, 0.717) is 23.4 Å². The molecule has 3 aromatic rings. The lowest BCUT2D eigenvalue weighted by atomic mass is 9.93. The van der Waals surface area contributed by atoms with Crippen LogP contribution in [-0.2, 0) is 0 Å². The Morgan fingerprint density at radius 2 is 1.74 bits per heavy atom. The van der Waals surface area contributed by atoms with Crippen molar-refractivity contribution < 1.29 is 9.18 Å². The molecule has 0 saturated carbocycles. The van der Waals surface area contributed by atoms with E-state index >= 15 is 0 Å². The first kappa shape index (κ1) is 17.4. The van der Waals surface area contributed by atoms with Crippen LogP contribution in [0.2, 0.25) is 0 Å². The molecule has 0 spiro atoms. The monoisotopic (exact) mass is 360 g/mol. The Balaban J connectivity index is 1.56. The number of halogens is 1. The number of hydrogen-bond acceptors (Lipinski definition) is 2. The van der Waals surface area contributed by atoms with Gasteiger partial charge in [-0.25, -0.2) is 4.39 Å². The maximum atomic E-state index is 14.1. The largest absolute Gasteiger partial charge is 0.338 e. The number of carbonyl (C=O) groups excluding carboxylic acids is 1. The van der Waals surface area contributed by atoms with Gasteiger partial charge in [-0.05, 0) is 49.2 Å². The predicted octanol–water partition coefficient (Wildman–Crippen LogP) is 4.91. The van der Waals surface area contributed by atoms with Crippen molar-refractivity contribution in [1.29, 1.82) is 0 Å². The van der Waals surface area contributed by atoms with Crippen LogP contribution in [0.1, 0.15) is 34.8 Å². The van der Waals surface area contributed by atoms with Crippen LogP contribution in [0.15, 0.2) is 72.8 Å². The van der Waals surface area contributed by atoms with Crippen LogP contribution >= 0.6 is 0 Å². The minimum absolute atomic E-state index is 0.0607. The number of likely N-dealkylation sites (tertiary alicyclic amines) is 1. The Kier molecular flexibility index (Phi) is 4.97. The van der Waals surface area contributed by atoms with Crippen molar-refractivity contribution in [3.05, 3.63) is 89.9 Å². The number of pyridine rings is 1. The molecule has 1 amide bonds. The van der Waals surface area contributed by atoms with E-state index in [1.807, 2.05) is 59.5 Å². The van der Waals surface area contributed by atoms with E-state index in [1.54, 1.807) is 12.1 Å². The van der Waals surface area contributed by atoms with Gasteiger partial charge in [0.05, 0.1) is 5.69 Å². The molecule has 1 aliphatic heterocycles. The number of benzene rings is 2. The van der Waals surface area contributed by atoms with Crippen molar-refractivity contribution in [2.75, 3.05) is 13.1 Å². The summed E-state index contributed by atoms with van der Waals surface area (Å²) in [6, 6.07) is 21.8. The van der Waals surface area contributed by atoms with Crippen molar-refractivity contribution >= 4 is 5.91 Å². The highest BCUT2D eigenvalue weighted by atomic mass is 19.1. The van der Waals surface area contributed by atoms with Crippen molar-refractivity contribution in [1.82, 2.24) is 9.88 Å². The average molecular weight is 360 g/mol. The van der Waals surface area contributed by atoms with E-state index in [2.05, 4.69) is 0 Å². The number of nitrogens with zero attached hydrogens (tertiary/aromatic N) is 2. The number of carbonyl (C=O) groups is 1. The highest BCUT2D eigenvalue weighted by Gasteiger charge is 2.26. The van der Waals surface area contributed by atoms with Crippen LogP contribution in [0.4, 0.5) is 4.39 Å². The quantitative estimate of drug-likeness (QED) is 0.665. The number of piperidine rings is 1. The molecule has 1 fully saturated rings. The summed E-state index contributed by atoms with van der Waals surface area (Å²) in [5, 5.41) is 0. The molecule has 27 heavy (non-hydrogen) atoms. The highest BCUT2D eigenvalue weighted by molar-refractivity contribution is 5.94. The molecule has 3 nitrogen and oxygen atoms in total. The molecule has 1 aliphatic rings. The van der Waals surface area contributed by atoms with Gasteiger partial charge in [0, 0.05) is 35.8 Å². The number of hydrogen-bond donors (Lipinski definition) is 0. The molecule has 0 aliphatic carbocycles. The minimum atomic E-state index is -0.272. The minimum Gasteiger partial charge on any atom is -0.338 e. The van der Waals surface area contributed by atoms with Crippen LogP contribution in [0.25, 0.3) is 11.3 Å². The normalized spacial score (nSPS) is 16.9. The predicted molar refractivity (Wildman–Crippen MR) is 104 cm³/mol. The summed E-state index contributed by atoms with van der Waals surface area (Å²) in [6.07, 6.45) is 1.92. The van der Waals surface area contributed by atoms with Crippen LogP contribution in [0.3, 0.4) is 0 Å². The van der Waals surface area contributed by atoms with Gasteiger partial charge in [-0.2, -0.15) is 0 Å². The van der Waals surface area contributed by atoms with Crippen molar-refractivity contribution in [3.8, 4) is 11.3 Å². The zero-order valence-corrected chi connectivity index (χ0v) is 15.0. The topological polar surface area (TPSA) is 33.2 Å². The maximum Gasteiger partial charge on any atom is 0.253 e. The van der Waals surface area contributed by atoms with E-state index in [4.69, 9.17) is 4.98 Å². The third kappa shape index (κ3) is 3.75. The van der Waals surface area contributed by atoms with Crippen molar-refractivity contribution in [2.24, 2.45) is 0 Å². The van der Waals surface area contributed by atoms with Crippen LogP contribution in [0.5, 0.6) is 0 Å². The average Bonchev–Trinajstić information content (AvgIpc) is 2.74. The molecule has 4 heteroatoms. The second-order valence-electron chi connectivity index (χ2n) is 6.88. The lowest BCUT2D eigenvalue weighted by Crippen LogP contribution is -2.39. The van der Waals surface area contributed by atoms with Crippen molar-refractivity contribution in [3.63, 3.8) is 0 Å². The molecule has 4 rings (SSSR count). The first-order valence-electron chi connectivity index (χ1n) is 9.28. The van der Waals surface area contributed by atoms with Gasteiger partial charge in [0.2, 0.25) is 0 Å². The van der Waals surface area contributed by atoms with Gasteiger partial charge in [0.1, 0.15) is 5.82 Å². The number of aromatic nitrogens is 1. The molecule has 1 aromatic heterocycles. The Morgan fingerprint density at radius 3 is 2.56 bits per heavy atom. The summed E-state index contributed by atoms with van der Waals surface area (Å²) in [7, 11) is 0. The van der Waals surface area contributed by atoms with Gasteiger partial charge < -0.3 is 4.90 Å². The zero-order valence-electron chi connectivity index (χ0n) is 15.0. The van der Waals surface area contributed by atoms with E-state index in [0.717, 1.165) is 25.1 Å². The lowest BCUT2D eigenvalue weighted by molar-refractivity contribution is 0.0706. The standard InChI is InChI=1S/C23H21FN2O/c24-20-12-5-4-11-19(20)22-14-6-13-21(25-22)18-10-7-15-26(16-18)23(27)17-8-2-1-3-9-17/h1-6,8-9,11-14,18H,7,10,15-16H2/t18-/m1/s1. The molecule has 0 radical (unpaired) electrons. The van der Waals surface area contributed by atoms with Crippen LogP contribution < -0.4 is 0 Å². The first-order valence-corrected chi connectivity index (χ1v) is 9.28. The van der Waals surface area contributed by atoms with E-state index in [1.165, 1.54) is 6.07 Å². The fraction of sp³-hybridized carbons (Fsp3) is 0.217. The summed E-state index contributed by atoms with van der Waals surface area (Å²) >= 11 is 0. The number of amides is 1. The second-order valence-corrected chi connectivity index (χ2v) is 6.88. The summed E-state index contributed by atoms with van der Waals surface area (Å²) in [4.78, 5) is 19.4. The molecular formula is C23H21FN2O. The van der Waals surface area contributed by atoms with Gasteiger partial charge in [-0.15, -0.1) is 0 Å². The highest BCUT2D eigenvalue weighted by Crippen LogP contribution is 2.29. The van der Waals surface area contributed by atoms with Gasteiger partial charge >= 0.3 is 0 Å². The molecule has 136 valence electrons. The molecule has 0 bridgehead atoms. The van der Waals surface area contributed by atoms with Gasteiger partial charge in [-0.1, -0.05) is 36.4 Å². The fourth-order valence-electron chi connectivity index (χ4n) is 3.66. The summed E-state index contributed by atoms with van der Waals surface area (Å²) in [6.45, 7) is 1.40. The summed E-state index contributed by atoms with van der Waals surface area (Å²) in [5.74, 6) is -0.0460. The van der Waals surface area contributed by atoms with Gasteiger partial charge in [-0.3, -0.25) is 9.78 Å². The van der Waals surface area contributed by atoms with Crippen LogP contribution in [-0.4, -0.2) is 28.9 Å². The molecule has 1 saturated heterocycles. The second kappa shape index (κ2) is 7.70. The van der Waals surface area contributed by atoms with Gasteiger partial charge in [0.25, 0.3) is 5.91 Å². The molecular weight excluding hydrogens is 339 g/mol. The molecule has 2 heterocycles. The zero-order chi connectivity index (χ0) is 18.6. The molecule has 0 unspecified atom stereocenters. The molecule has 2 aromatic carbocycles. The lowest BCUT2D eigenvalue weighted by Gasteiger charge is -2.32. The third-order valence-electron chi connectivity index (χ3n) is 5.07. The SMILES string of the molecule is O=C(c1ccccc1)N1CCC[C@@H](c2cccc(-c3ccccc3F)n2)C1. The summed E-state index contributed by atoms with van der Waals surface area (Å²) in [5.41, 5.74) is 2.78. The van der Waals surface area contributed by atoms with Crippen molar-refractivity contribution in [2.45, 2.75) is 18.8 Å².